The van der Waals surface area contributed by atoms with E-state index in [-0.39, 0.29) is 13.2 Å². The van der Waals surface area contributed by atoms with Gasteiger partial charge in [-0.25, -0.2) is 4.79 Å². The molecular weight excluding hydrogens is 136 g/mol. The van der Waals surface area contributed by atoms with Crippen molar-refractivity contribution >= 4 is 6.16 Å². The van der Waals surface area contributed by atoms with Gasteiger partial charge in [0.1, 0.15) is 6.61 Å². The van der Waals surface area contributed by atoms with Crippen LogP contribution in [0.1, 0.15) is 0 Å². The van der Waals surface area contributed by atoms with Crippen LogP contribution < -0.4 is 0 Å². The first kappa shape index (κ1) is 8.97. The molecule has 0 aromatic carbocycles. The lowest BCUT2D eigenvalue weighted by Gasteiger charge is -1.99. The van der Waals surface area contributed by atoms with Crippen LogP contribution in [0.25, 0.3) is 0 Å². The summed E-state index contributed by atoms with van der Waals surface area (Å²) in [5.74, 6) is 0. The van der Waals surface area contributed by atoms with E-state index in [1.54, 1.807) is 6.08 Å². The molecule has 0 aliphatic heterocycles. The van der Waals surface area contributed by atoms with Gasteiger partial charge in [0.05, 0.1) is 13.2 Å². The van der Waals surface area contributed by atoms with Crippen molar-refractivity contribution in [3.8, 4) is 0 Å². The highest BCUT2D eigenvalue weighted by Gasteiger charge is 1.93. The predicted octanol–water partition coefficient (Wildman–Crippen LogP) is 0.884. The molecule has 0 aromatic heterocycles. The molecule has 0 aromatic rings. The van der Waals surface area contributed by atoms with Crippen molar-refractivity contribution in [1.29, 1.82) is 0 Å². The molecule has 4 heteroatoms. The van der Waals surface area contributed by atoms with E-state index in [9.17, 15) is 4.79 Å². The normalized spacial score (nSPS) is 8.80. The van der Waals surface area contributed by atoms with E-state index >= 15 is 0 Å². The smallest absolute Gasteiger partial charge is 0.450 e. The minimum Gasteiger partial charge on any atom is -0.450 e. The van der Waals surface area contributed by atoms with Crippen molar-refractivity contribution in [3.63, 3.8) is 0 Å². The van der Waals surface area contributed by atoms with Crippen LogP contribution in [0.4, 0.5) is 4.79 Å². The van der Waals surface area contributed by atoms with Crippen molar-refractivity contribution in [2.45, 2.75) is 0 Å². The van der Waals surface area contributed by atoms with Crippen molar-refractivity contribution in [2.24, 2.45) is 0 Å². The Labute approximate surface area is 59.1 Å². The third-order valence-electron chi connectivity index (χ3n) is 0.689. The van der Waals surface area contributed by atoms with Crippen LogP contribution in [0.15, 0.2) is 12.7 Å². The van der Waals surface area contributed by atoms with E-state index in [4.69, 9.17) is 9.84 Å². The fraction of sp³-hybridized carbons (Fsp3) is 0.500. The molecule has 0 saturated carbocycles. The van der Waals surface area contributed by atoms with Crippen molar-refractivity contribution in [2.75, 3.05) is 19.8 Å². The van der Waals surface area contributed by atoms with Crippen LogP contribution in [-0.2, 0) is 9.47 Å². The Morgan fingerprint density at radius 1 is 1.60 bits per heavy atom. The molecule has 0 atom stereocenters. The van der Waals surface area contributed by atoms with Gasteiger partial charge in [0, 0.05) is 0 Å². The summed E-state index contributed by atoms with van der Waals surface area (Å²) in [4.78, 5) is 9.73. The van der Waals surface area contributed by atoms with E-state index < -0.39 is 6.16 Å². The third kappa shape index (κ3) is 6.97. The Kier molecular flexibility index (Phi) is 5.47. The molecule has 1 N–H and O–H groups in total. The monoisotopic (exact) mass is 146 g/mol. The van der Waals surface area contributed by atoms with E-state index in [0.717, 1.165) is 0 Å². The van der Waals surface area contributed by atoms with Crippen LogP contribution >= 0.6 is 0 Å². The summed E-state index contributed by atoms with van der Waals surface area (Å²) in [6, 6.07) is 0. The highest BCUT2D eigenvalue weighted by molar-refractivity contribution is 5.56. The van der Waals surface area contributed by atoms with E-state index in [0.29, 0.717) is 6.61 Å². The Morgan fingerprint density at radius 3 is 2.80 bits per heavy atom. The maximum atomic E-state index is 9.73. The summed E-state index contributed by atoms with van der Waals surface area (Å²) in [6.07, 6.45) is 0.308. The summed E-state index contributed by atoms with van der Waals surface area (Å²) >= 11 is 0. The van der Waals surface area contributed by atoms with Crippen LogP contribution in [0.2, 0.25) is 0 Å². The van der Waals surface area contributed by atoms with Gasteiger partial charge in [-0.1, -0.05) is 6.08 Å². The van der Waals surface area contributed by atoms with Gasteiger partial charge in [0.2, 0.25) is 0 Å². The molecule has 0 bridgehead atoms. The highest BCUT2D eigenvalue weighted by Crippen LogP contribution is 1.79. The second-order valence-electron chi connectivity index (χ2n) is 1.48. The molecule has 0 heterocycles. The lowest BCUT2D eigenvalue weighted by Crippen LogP contribution is -2.07. The van der Waals surface area contributed by atoms with Crippen LogP contribution in [0.3, 0.4) is 0 Å². The number of hydrogen-bond donors (Lipinski definition) is 1. The molecule has 58 valence electrons. The second-order valence-corrected chi connectivity index (χ2v) is 1.48. The van der Waals surface area contributed by atoms with Crippen LogP contribution in [0, 0.1) is 0 Å². The molecule has 10 heavy (non-hydrogen) atoms. The average molecular weight is 146 g/mol. The van der Waals surface area contributed by atoms with Crippen LogP contribution in [-0.4, -0.2) is 31.1 Å². The van der Waals surface area contributed by atoms with E-state index in [2.05, 4.69) is 11.3 Å². The maximum absolute atomic E-state index is 9.73. The van der Waals surface area contributed by atoms with Gasteiger partial charge in [-0.15, -0.1) is 6.58 Å². The molecule has 0 aliphatic carbocycles. The minimum atomic E-state index is -1.28. The molecule has 0 saturated heterocycles. The molecule has 0 radical (unpaired) electrons. The molecule has 4 nitrogen and oxygen atoms in total. The number of ether oxygens (including phenoxy) is 2. The van der Waals surface area contributed by atoms with Gasteiger partial charge in [0.25, 0.3) is 0 Å². The first-order valence-electron chi connectivity index (χ1n) is 2.81. The Balaban J connectivity index is 2.90. The van der Waals surface area contributed by atoms with Gasteiger partial charge >= 0.3 is 6.16 Å². The van der Waals surface area contributed by atoms with Gasteiger partial charge < -0.3 is 14.6 Å². The second kappa shape index (κ2) is 6.10. The standard InChI is InChI=1S/C6H10O4/c1-2-3-9-4-5-10-6(7)8/h2H,1,3-5H2,(H,7,8). The molecular formula is C6H10O4. The van der Waals surface area contributed by atoms with E-state index in [1.165, 1.54) is 0 Å². The van der Waals surface area contributed by atoms with Gasteiger partial charge in [0.15, 0.2) is 0 Å². The maximum Gasteiger partial charge on any atom is 0.505 e. The third-order valence-corrected chi connectivity index (χ3v) is 0.689. The summed E-state index contributed by atoms with van der Waals surface area (Å²) in [6.45, 7) is 4.18. The Bertz CT molecular complexity index is 110. The lowest BCUT2D eigenvalue weighted by molar-refractivity contribution is 0.0554. The summed E-state index contributed by atoms with van der Waals surface area (Å²) in [5, 5.41) is 7.97. The predicted molar refractivity (Wildman–Crippen MR) is 35.0 cm³/mol. The number of carbonyl (C=O) groups is 1. The Hall–Kier alpha value is -1.03. The zero-order valence-corrected chi connectivity index (χ0v) is 5.58. The summed E-state index contributed by atoms with van der Waals surface area (Å²) in [7, 11) is 0. The zero-order valence-electron chi connectivity index (χ0n) is 5.58. The summed E-state index contributed by atoms with van der Waals surface area (Å²) in [5.41, 5.74) is 0. The molecule has 0 fully saturated rings. The first-order valence-corrected chi connectivity index (χ1v) is 2.81. The molecule has 0 rings (SSSR count). The first-order chi connectivity index (χ1) is 4.77. The number of hydrogen-bond acceptors (Lipinski definition) is 3. The van der Waals surface area contributed by atoms with Crippen LogP contribution in [0.5, 0.6) is 0 Å². The molecule has 0 spiro atoms. The quantitative estimate of drug-likeness (QED) is 0.355. The topological polar surface area (TPSA) is 55.8 Å². The number of carboxylic acid groups (broad SMARTS) is 1. The van der Waals surface area contributed by atoms with Crippen molar-refractivity contribution in [3.05, 3.63) is 12.7 Å². The Morgan fingerprint density at radius 2 is 2.30 bits per heavy atom. The lowest BCUT2D eigenvalue weighted by atomic mass is 10.7. The summed E-state index contributed by atoms with van der Waals surface area (Å²) < 4.78 is 8.97. The largest absolute Gasteiger partial charge is 0.505 e. The van der Waals surface area contributed by atoms with Gasteiger partial charge in [-0.2, -0.15) is 0 Å². The SMILES string of the molecule is C=CCOCCOC(=O)O. The van der Waals surface area contributed by atoms with Crippen molar-refractivity contribution < 1.29 is 19.4 Å². The molecule has 0 aliphatic rings. The molecule has 0 unspecified atom stereocenters. The fourth-order valence-corrected chi connectivity index (χ4v) is 0.355. The van der Waals surface area contributed by atoms with E-state index in [1.807, 2.05) is 0 Å². The highest BCUT2D eigenvalue weighted by atomic mass is 16.7. The van der Waals surface area contributed by atoms with Gasteiger partial charge in [-0.05, 0) is 0 Å². The van der Waals surface area contributed by atoms with Gasteiger partial charge in [-0.3, -0.25) is 0 Å². The zero-order chi connectivity index (χ0) is 7.82. The average Bonchev–Trinajstić information content (AvgIpc) is 1.87. The fourth-order valence-electron chi connectivity index (χ4n) is 0.355. The van der Waals surface area contributed by atoms with Crippen molar-refractivity contribution in [1.82, 2.24) is 0 Å². The number of rotatable bonds is 5. The molecule has 0 amide bonds. The minimum absolute atomic E-state index is 0.0726.